The van der Waals surface area contributed by atoms with Gasteiger partial charge in [0.2, 0.25) is 0 Å². The molecule has 4 saturated heterocycles. The number of quaternary nitrogens is 4. The molecule has 4 N–H and O–H groups in total. The number of rotatable bonds is 11. The first kappa shape index (κ1) is 64.3. The number of likely N-dealkylation sites (tertiary alicyclic amines) is 4. The molecule has 4 heterocycles. The van der Waals surface area contributed by atoms with Crippen molar-refractivity contribution in [3.63, 3.8) is 0 Å². The molecule has 0 aliphatic carbocycles. The summed E-state index contributed by atoms with van der Waals surface area (Å²) in [5.41, 5.74) is 0.880. The lowest BCUT2D eigenvalue weighted by atomic mass is 9.80. The van der Waals surface area contributed by atoms with E-state index in [2.05, 4.69) is 139 Å². The zero-order valence-corrected chi connectivity index (χ0v) is 45.7. The second-order valence-electron chi connectivity index (χ2n) is 25.0. The van der Waals surface area contributed by atoms with Gasteiger partial charge in [-0.2, -0.15) is 0 Å². The first-order chi connectivity index (χ1) is 30.2. The van der Waals surface area contributed by atoms with E-state index in [-0.39, 0.29) is 57.4 Å². The molecule has 4 fully saturated rings. The molecule has 0 amide bonds. The number of carbonyl (C=O) groups is 8. The largest absolute Gasteiger partial charge is 0.549 e. The van der Waals surface area contributed by atoms with Gasteiger partial charge in [0.1, 0.15) is 23.1 Å². The number of piperidine rings is 4. The Hall–Kier alpha value is -3.68. The van der Waals surface area contributed by atoms with Crippen LogP contribution in [0, 0.1) is 0 Å². The quantitative estimate of drug-likeness (QED) is 0.151. The molecule has 0 radical (unpaired) electrons. The Labute approximate surface area is 408 Å². The summed E-state index contributed by atoms with van der Waals surface area (Å²) in [7, 11) is 8.75. The third-order valence-electron chi connectivity index (χ3n) is 15.4. The van der Waals surface area contributed by atoms with Crippen molar-refractivity contribution in [2.24, 2.45) is 0 Å². The summed E-state index contributed by atoms with van der Waals surface area (Å²) in [6.07, 6.45) is 5.80. The highest BCUT2D eigenvalue weighted by molar-refractivity contribution is 5.82. The molecule has 0 bridgehead atoms. The topological polar surface area (TPSA) is 253 Å². The van der Waals surface area contributed by atoms with Gasteiger partial charge in [-0.25, -0.2) is 0 Å². The van der Waals surface area contributed by atoms with Crippen molar-refractivity contribution >= 4 is 47.0 Å². The maximum Gasteiger partial charge on any atom is 0.145 e. The lowest BCUT2D eigenvalue weighted by Crippen LogP contribution is -3.24. The van der Waals surface area contributed by atoms with Crippen molar-refractivity contribution in [3.8, 4) is 0 Å². The molecule has 18 heteroatoms. The number of hydrogen-bond acceptors (Lipinski definition) is 14. The van der Waals surface area contributed by atoms with Crippen molar-refractivity contribution < 1.29 is 78.4 Å². The van der Waals surface area contributed by atoms with Crippen LogP contribution in [0.4, 0.5) is 0 Å². The molecule has 0 spiro atoms. The summed E-state index contributed by atoms with van der Waals surface area (Å²) >= 11 is 0. The molecular formula is C50H92N6O12. The van der Waals surface area contributed by atoms with E-state index in [4.69, 9.17) is 0 Å². The summed E-state index contributed by atoms with van der Waals surface area (Å²) in [6.45, 7) is 31.4. The Morgan fingerprint density at radius 1 is 0.338 bits per heavy atom. The van der Waals surface area contributed by atoms with Crippen LogP contribution in [0.5, 0.6) is 0 Å². The van der Waals surface area contributed by atoms with Crippen LogP contribution in [0.1, 0.15) is 162 Å². The van der Waals surface area contributed by atoms with Crippen LogP contribution in [0.3, 0.4) is 0 Å². The molecule has 0 aromatic carbocycles. The SMILES string of the molecule is C[NH+]1C(C)(C)CC(=O)CC1(C)C.C[NH+]1C(C)(C)CC(=O)CC1(C)C.C[NH+]1C(C)(C)CC(=O)CC1(C)C.C[NH+]1C(C)(C)CC(=O)CC1(C)C.O=C([O-])CN(CCN(CC(=O)[O-])CC(=O)[O-])CC(=O)[O-]. The third-order valence-corrected chi connectivity index (χ3v) is 15.4. The van der Waals surface area contributed by atoms with E-state index in [1.54, 1.807) is 0 Å². The highest BCUT2D eigenvalue weighted by atomic mass is 16.4. The minimum Gasteiger partial charge on any atom is -0.549 e. The van der Waals surface area contributed by atoms with E-state index in [0.717, 1.165) is 61.2 Å². The van der Waals surface area contributed by atoms with E-state index in [0.29, 0.717) is 23.1 Å². The summed E-state index contributed by atoms with van der Waals surface area (Å²) in [6, 6.07) is 0. The average Bonchev–Trinajstić information content (AvgIpc) is 3.08. The fraction of sp³-hybridized carbons (Fsp3) is 0.840. The monoisotopic (exact) mass is 969 g/mol. The van der Waals surface area contributed by atoms with Gasteiger partial charge >= 0.3 is 0 Å². The Bertz CT molecular complexity index is 1470. The smallest absolute Gasteiger partial charge is 0.145 e. The van der Waals surface area contributed by atoms with E-state index in [1.165, 1.54) is 19.6 Å². The van der Waals surface area contributed by atoms with Gasteiger partial charge in [-0.3, -0.25) is 29.0 Å². The van der Waals surface area contributed by atoms with Crippen LogP contribution in [-0.2, 0) is 38.4 Å². The summed E-state index contributed by atoms with van der Waals surface area (Å²) in [5, 5.41) is 41.6. The number of carboxylic acids is 4. The van der Waals surface area contributed by atoms with Crippen LogP contribution >= 0.6 is 0 Å². The van der Waals surface area contributed by atoms with Gasteiger partial charge in [-0.1, -0.05) is 0 Å². The van der Waals surface area contributed by atoms with Crippen LogP contribution in [0.2, 0.25) is 0 Å². The average molecular weight is 969 g/mol. The molecule has 0 saturated carbocycles. The van der Waals surface area contributed by atoms with Crippen molar-refractivity contribution in [3.05, 3.63) is 0 Å². The predicted molar refractivity (Wildman–Crippen MR) is 250 cm³/mol. The standard InChI is InChI=1S/C10H16N2O8.4C10H19NO/c13-7(14)3-11(4-8(15)16)1-2-12(5-9(17)18)6-10(19)20;4*1-9(2)6-8(12)7-10(3,4)11(9)5/h1-6H2,(H,13,14)(H,15,16)(H,17,18)(H,19,20);4*6-7H2,1-5H3. The first-order valence-corrected chi connectivity index (χ1v) is 23.9. The van der Waals surface area contributed by atoms with Gasteiger partial charge in [0.15, 0.2) is 0 Å². The number of hydrogen-bond donors (Lipinski definition) is 4. The minimum absolute atomic E-state index is 0.110. The van der Waals surface area contributed by atoms with Gasteiger partial charge in [0.25, 0.3) is 0 Å². The van der Waals surface area contributed by atoms with Gasteiger partial charge in [-0.15, -0.1) is 0 Å². The Morgan fingerprint density at radius 2 is 0.456 bits per heavy atom. The molecule has 0 atom stereocenters. The van der Waals surface area contributed by atoms with Crippen LogP contribution in [0.25, 0.3) is 0 Å². The highest BCUT2D eigenvalue weighted by Gasteiger charge is 2.49. The molecule has 4 rings (SSSR count). The van der Waals surface area contributed by atoms with Crippen LogP contribution in [-0.4, -0.2) is 169 Å². The van der Waals surface area contributed by atoms with Gasteiger partial charge < -0.3 is 59.2 Å². The molecule has 394 valence electrons. The third kappa shape index (κ3) is 21.1. The summed E-state index contributed by atoms with van der Waals surface area (Å²) < 4.78 is 0. The second kappa shape index (κ2) is 24.4. The van der Waals surface area contributed by atoms with Crippen LogP contribution < -0.4 is 40.0 Å². The molecule has 68 heavy (non-hydrogen) atoms. The minimum atomic E-state index is -1.53. The Balaban J connectivity index is 0.000000839. The van der Waals surface area contributed by atoms with Crippen molar-refractivity contribution in [2.75, 3.05) is 67.5 Å². The van der Waals surface area contributed by atoms with Crippen molar-refractivity contribution in [1.29, 1.82) is 0 Å². The number of carboxylic acid groups (broad SMARTS) is 4. The maximum atomic E-state index is 11.4. The molecular weight excluding hydrogens is 877 g/mol. The number of carbonyl (C=O) groups excluding carboxylic acids is 8. The molecule has 0 aromatic rings. The van der Waals surface area contributed by atoms with Gasteiger partial charge in [-0.05, 0) is 111 Å². The summed E-state index contributed by atoms with van der Waals surface area (Å²) in [4.78, 5) is 95.0. The molecule has 4 aliphatic rings. The van der Waals surface area contributed by atoms with E-state index in [1.807, 2.05) is 0 Å². The zero-order valence-electron chi connectivity index (χ0n) is 45.7. The molecule has 18 nitrogen and oxygen atoms in total. The Morgan fingerprint density at radius 3 is 0.559 bits per heavy atom. The fourth-order valence-electron chi connectivity index (χ4n) is 10.4. The highest BCUT2D eigenvalue weighted by Crippen LogP contribution is 2.22. The van der Waals surface area contributed by atoms with Gasteiger partial charge in [0.05, 0.1) is 148 Å². The predicted octanol–water partition coefficient (Wildman–Crippen LogP) is -5.73. The summed E-state index contributed by atoms with van der Waals surface area (Å²) in [5.74, 6) is -4.47. The zero-order chi connectivity index (χ0) is 54.0. The molecule has 0 aromatic heterocycles. The lowest BCUT2D eigenvalue weighted by Gasteiger charge is -2.46. The lowest BCUT2D eigenvalue weighted by molar-refractivity contribution is -0.978. The first-order valence-electron chi connectivity index (χ1n) is 23.9. The second-order valence-corrected chi connectivity index (χ2v) is 25.0. The van der Waals surface area contributed by atoms with E-state index < -0.39 is 50.1 Å². The molecule has 0 unspecified atom stereocenters. The van der Waals surface area contributed by atoms with E-state index >= 15 is 0 Å². The number of ketones is 4. The number of nitrogens with zero attached hydrogens (tertiary/aromatic N) is 2. The number of Topliss-reactive ketones (excluding diaryl/α,β-unsaturated/α-hetero) is 4. The number of aliphatic carboxylic acids is 4. The number of nitrogens with one attached hydrogen (secondary N) is 4. The van der Waals surface area contributed by atoms with Crippen LogP contribution in [0.15, 0.2) is 0 Å². The normalized spacial score (nSPS) is 23.6. The van der Waals surface area contributed by atoms with Crippen molar-refractivity contribution in [2.45, 2.75) is 206 Å². The maximum absolute atomic E-state index is 11.4. The Kier molecular flexibility index (Phi) is 23.1. The molecule has 4 aliphatic heterocycles. The van der Waals surface area contributed by atoms with Gasteiger partial charge in [0, 0.05) is 39.3 Å². The van der Waals surface area contributed by atoms with E-state index in [9.17, 15) is 58.8 Å². The van der Waals surface area contributed by atoms with Crippen molar-refractivity contribution in [1.82, 2.24) is 9.80 Å². The fourth-order valence-corrected chi connectivity index (χ4v) is 10.4.